The molecule has 0 aliphatic heterocycles. The van der Waals surface area contributed by atoms with Gasteiger partial charge in [0.15, 0.2) is 0 Å². The van der Waals surface area contributed by atoms with Crippen molar-refractivity contribution in [2.45, 2.75) is 52.7 Å². The first-order valence-electron chi connectivity index (χ1n) is 5.67. The monoisotopic (exact) mass is 245 g/mol. The zero-order valence-corrected chi connectivity index (χ0v) is 11.5. The second kappa shape index (κ2) is 5.49. The van der Waals surface area contributed by atoms with Gasteiger partial charge in [-0.05, 0) is 18.8 Å². The number of hydrogen-bond acceptors (Lipinski definition) is 3. The van der Waals surface area contributed by atoms with Gasteiger partial charge in [-0.2, -0.15) is 0 Å². The molecule has 0 rings (SSSR count). The van der Waals surface area contributed by atoms with Crippen molar-refractivity contribution in [3.8, 4) is 0 Å². The summed E-state index contributed by atoms with van der Waals surface area (Å²) in [5.74, 6) is -1.44. The van der Waals surface area contributed by atoms with Crippen molar-refractivity contribution in [2.24, 2.45) is 5.41 Å². The third-order valence-electron chi connectivity index (χ3n) is 2.99. The van der Waals surface area contributed by atoms with Crippen LogP contribution in [0.2, 0.25) is 0 Å². The number of amides is 1. The van der Waals surface area contributed by atoms with E-state index in [-0.39, 0.29) is 0 Å². The molecule has 100 valence electrons. The molecule has 1 unspecified atom stereocenters. The first-order valence-corrected chi connectivity index (χ1v) is 5.67. The lowest BCUT2D eigenvalue weighted by molar-refractivity contribution is -0.151. The van der Waals surface area contributed by atoms with Crippen molar-refractivity contribution in [2.75, 3.05) is 7.11 Å². The van der Waals surface area contributed by atoms with Crippen LogP contribution in [-0.4, -0.2) is 35.7 Å². The SMILES string of the molecule is CCC(C)(OC)C(=O)N[C@@H](C(=O)O)C(C)(C)C. The zero-order valence-electron chi connectivity index (χ0n) is 11.5. The molecule has 2 N–H and O–H groups in total. The average Bonchev–Trinajstić information content (AvgIpc) is 2.22. The van der Waals surface area contributed by atoms with Crippen LogP contribution in [0.5, 0.6) is 0 Å². The van der Waals surface area contributed by atoms with Gasteiger partial charge in [0.2, 0.25) is 0 Å². The van der Waals surface area contributed by atoms with Gasteiger partial charge in [-0.25, -0.2) is 4.79 Å². The molecule has 0 bridgehead atoms. The maximum atomic E-state index is 12.0. The maximum absolute atomic E-state index is 12.0. The minimum absolute atomic E-state index is 0.398. The Morgan fingerprint density at radius 3 is 2.00 bits per heavy atom. The summed E-state index contributed by atoms with van der Waals surface area (Å²) in [6, 6.07) is -0.934. The first kappa shape index (κ1) is 15.9. The highest BCUT2D eigenvalue weighted by molar-refractivity contribution is 5.89. The van der Waals surface area contributed by atoms with E-state index in [0.717, 1.165) is 0 Å². The lowest BCUT2D eigenvalue weighted by Crippen LogP contribution is -2.55. The molecule has 0 saturated heterocycles. The second-order valence-electron chi connectivity index (χ2n) is 5.40. The molecule has 0 radical (unpaired) electrons. The fraction of sp³-hybridized carbons (Fsp3) is 0.833. The fourth-order valence-corrected chi connectivity index (χ4v) is 1.33. The van der Waals surface area contributed by atoms with Gasteiger partial charge in [0.05, 0.1) is 0 Å². The second-order valence-corrected chi connectivity index (χ2v) is 5.40. The van der Waals surface area contributed by atoms with E-state index in [9.17, 15) is 9.59 Å². The Morgan fingerprint density at radius 1 is 1.29 bits per heavy atom. The molecule has 0 saturated carbocycles. The standard InChI is InChI=1S/C12H23NO4/c1-7-12(5,17-6)10(16)13-8(9(14)15)11(2,3)4/h8H,7H2,1-6H3,(H,13,16)(H,14,15)/t8-,12?/m0/s1. The van der Waals surface area contributed by atoms with Crippen molar-refractivity contribution < 1.29 is 19.4 Å². The molecular weight excluding hydrogens is 222 g/mol. The van der Waals surface area contributed by atoms with Crippen LogP contribution in [0.4, 0.5) is 0 Å². The van der Waals surface area contributed by atoms with Crippen LogP contribution in [-0.2, 0) is 14.3 Å². The lowest BCUT2D eigenvalue weighted by atomic mass is 9.86. The van der Waals surface area contributed by atoms with E-state index < -0.39 is 28.9 Å². The van der Waals surface area contributed by atoms with Gasteiger partial charge in [0.1, 0.15) is 11.6 Å². The van der Waals surface area contributed by atoms with Crippen LogP contribution in [0.3, 0.4) is 0 Å². The topological polar surface area (TPSA) is 75.6 Å². The Bertz CT molecular complexity index is 289. The van der Waals surface area contributed by atoms with Crippen LogP contribution in [0.15, 0.2) is 0 Å². The van der Waals surface area contributed by atoms with Crippen LogP contribution in [0, 0.1) is 5.41 Å². The highest BCUT2D eigenvalue weighted by Crippen LogP contribution is 2.21. The molecule has 2 atom stereocenters. The van der Waals surface area contributed by atoms with E-state index in [1.54, 1.807) is 27.7 Å². The lowest BCUT2D eigenvalue weighted by Gasteiger charge is -2.32. The van der Waals surface area contributed by atoms with Crippen molar-refractivity contribution in [3.05, 3.63) is 0 Å². The summed E-state index contributed by atoms with van der Waals surface area (Å²) in [4.78, 5) is 23.1. The summed E-state index contributed by atoms with van der Waals surface area (Å²) in [5.41, 5.74) is -1.54. The number of carboxylic acids is 1. The Balaban J connectivity index is 4.92. The van der Waals surface area contributed by atoms with Crippen LogP contribution in [0.25, 0.3) is 0 Å². The van der Waals surface area contributed by atoms with E-state index in [4.69, 9.17) is 9.84 Å². The quantitative estimate of drug-likeness (QED) is 0.768. The van der Waals surface area contributed by atoms with Gasteiger partial charge < -0.3 is 15.2 Å². The van der Waals surface area contributed by atoms with Crippen molar-refractivity contribution in [3.63, 3.8) is 0 Å². The molecule has 0 aliphatic rings. The number of carboxylic acid groups (broad SMARTS) is 1. The third-order valence-corrected chi connectivity index (χ3v) is 2.99. The molecule has 0 aromatic carbocycles. The van der Waals surface area contributed by atoms with E-state index in [1.807, 2.05) is 6.92 Å². The molecule has 0 spiro atoms. The van der Waals surface area contributed by atoms with Crippen LogP contribution < -0.4 is 5.32 Å². The Morgan fingerprint density at radius 2 is 1.76 bits per heavy atom. The molecular formula is C12H23NO4. The van der Waals surface area contributed by atoms with Gasteiger partial charge in [0, 0.05) is 7.11 Å². The average molecular weight is 245 g/mol. The highest BCUT2D eigenvalue weighted by atomic mass is 16.5. The molecule has 0 heterocycles. The molecule has 0 aromatic rings. The summed E-state index contributed by atoms with van der Waals surface area (Å²) in [7, 11) is 1.44. The highest BCUT2D eigenvalue weighted by Gasteiger charge is 2.38. The van der Waals surface area contributed by atoms with Gasteiger partial charge in [-0.15, -0.1) is 0 Å². The van der Waals surface area contributed by atoms with E-state index in [1.165, 1.54) is 7.11 Å². The number of aliphatic carboxylic acids is 1. The normalized spacial score (nSPS) is 17.1. The van der Waals surface area contributed by atoms with Crippen molar-refractivity contribution in [1.82, 2.24) is 5.32 Å². The molecule has 17 heavy (non-hydrogen) atoms. The third kappa shape index (κ3) is 4.00. The maximum Gasteiger partial charge on any atom is 0.326 e. The Labute approximate surface area is 103 Å². The van der Waals surface area contributed by atoms with Crippen LogP contribution >= 0.6 is 0 Å². The molecule has 1 amide bonds. The van der Waals surface area contributed by atoms with Gasteiger partial charge in [0.25, 0.3) is 5.91 Å². The summed E-state index contributed by atoms with van der Waals surface area (Å²) < 4.78 is 5.14. The number of nitrogens with one attached hydrogen (secondary N) is 1. The number of carbonyl (C=O) groups excluding carboxylic acids is 1. The van der Waals surface area contributed by atoms with E-state index in [0.29, 0.717) is 6.42 Å². The van der Waals surface area contributed by atoms with Crippen molar-refractivity contribution in [1.29, 1.82) is 0 Å². The summed E-state index contributed by atoms with van der Waals surface area (Å²) in [6.07, 6.45) is 0.478. The Hall–Kier alpha value is -1.10. The minimum atomic E-state index is -1.04. The van der Waals surface area contributed by atoms with Crippen molar-refractivity contribution >= 4 is 11.9 Å². The smallest absolute Gasteiger partial charge is 0.326 e. The fourth-order valence-electron chi connectivity index (χ4n) is 1.33. The largest absolute Gasteiger partial charge is 0.480 e. The summed E-state index contributed by atoms with van der Waals surface area (Å²) in [5, 5.41) is 11.6. The summed E-state index contributed by atoms with van der Waals surface area (Å²) >= 11 is 0. The number of hydrogen-bond donors (Lipinski definition) is 2. The Kier molecular flexibility index (Phi) is 5.13. The minimum Gasteiger partial charge on any atom is -0.480 e. The number of methoxy groups -OCH3 is 1. The van der Waals surface area contributed by atoms with E-state index in [2.05, 4.69) is 5.32 Å². The predicted molar refractivity (Wildman–Crippen MR) is 64.7 cm³/mol. The number of carbonyl (C=O) groups is 2. The molecule has 0 aliphatic carbocycles. The molecule has 5 heteroatoms. The number of ether oxygens (including phenoxy) is 1. The predicted octanol–water partition coefficient (Wildman–Crippen LogP) is 1.42. The number of rotatable bonds is 5. The van der Waals surface area contributed by atoms with Gasteiger partial charge >= 0.3 is 5.97 Å². The molecule has 0 fully saturated rings. The molecule has 5 nitrogen and oxygen atoms in total. The summed E-state index contributed by atoms with van der Waals surface area (Å²) in [6.45, 7) is 8.76. The van der Waals surface area contributed by atoms with Crippen LogP contribution in [0.1, 0.15) is 41.0 Å². The first-order chi connectivity index (χ1) is 7.58. The van der Waals surface area contributed by atoms with E-state index >= 15 is 0 Å². The zero-order chi connectivity index (χ0) is 13.9. The van der Waals surface area contributed by atoms with Gasteiger partial charge in [-0.1, -0.05) is 27.7 Å². The molecule has 0 aromatic heterocycles. The van der Waals surface area contributed by atoms with Gasteiger partial charge in [-0.3, -0.25) is 4.79 Å².